The fraction of sp³-hybridized carbons (Fsp3) is 0.517. The number of imidazole rings is 1. The molecule has 0 radical (unpaired) electrons. The molecule has 0 saturated carbocycles. The van der Waals surface area contributed by atoms with E-state index < -0.39 is 0 Å². The molecule has 1 saturated heterocycles. The molecule has 1 amide bonds. The van der Waals surface area contributed by atoms with Crippen LogP contribution in [0.25, 0.3) is 11.0 Å². The highest BCUT2D eigenvalue weighted by Gasteiger charge is 2.28. The molecule has 1 aliphatic carbocycles. The third kappa shape index (κ3) is 4.63. The van der Waals surface area contributed by atoms with E-state index in [0.717, 1.165) is 49.4 Å². The van der Waals surface area contributed by atoms with E-state index in [9.17, 15) is 4.79 Å². The molecule has 2 aromatic carbocycles. The van der Waals surface area contributed by atoms with Crippen molar-refractivity contribution in [2.75, 3.05) is 25.0 Å². The Bertz CT molecular complexity index is 1190. The Labute approximate surface area is 203 Å². The number of hydrogen-bond acceptors (Lipinski definition) is 3. The van der Waals surface area contributed by atoms with Gasteiger partial charge in [0.1, 0.15) is 5.82 Å². The monoisotopic (exact) mass is 458 g/mol. The van der Waals surface area contributed by atoms with Gasteiger partial charge in [-0.05, 0) is 92.8 Å². The first kappa shape index (κ1) is 23.1. The fourth-order valence-corrected chi connectivity index (χ4v) is 5.88. The minimum absolute atomic E-state index is 0.0529. The first-order valence-electron chi connectivity index (χ1n) is 13.0. The summed E-state index contributed by atoms with van der Waals surface area (Å²) in [6, 6.07) is 13.7. The first-order chi connectivity index (χ1) is 16.4. The maximum absolute atomic E-state index is 12.3. The lowest BCUT2D eigenvalue weighted by Gasteiger charge is -2.34. The highest BCUT2D eigenvalue weighted by molar-refractivity contribution is 5.92. The highest BCUT2D eigenvalue weighted by atomic mass is 16.1. The zero-order valence-electron chi connectivity index (χ0n) is 21.1. The third-order valence-corrected chi connectivity index (χ3v) is 8.01. The molecule has 1 aliphatic heterocycles. The van der Waals surface area contributed by atoms with Crippen molar-refractivity contribution in [2.45, 2.75) is 65.8 Å². The van der Waals surface area contributed by atoms with Crippen LogP contribution in [-0.2, 0) is 17.6 Å². The Morgan fingerprint density at radius 3 is 2.62 bits per heavy atom. The van der Waals surface area contributed by atoms with Gasteiger partial charge in [0.25, 0.3) is 0 Å². The fourth-order valence-electron chi connectivity index (χ4n) is 5.88. The molecule has 34 heavy (non-hydrogen) atoms. The molecule has 2 unspecified atom stereocenters. The van der Waals surface area contributed by atoms with Gasteiger partial charge in [-0.15, -0.1) is 0 Å². The van der Waals surface area contributed by atoms with Gasteiger partial charge in [-0.3, -0.25) is 4.79 Å². The number of hydrogen-bond donors (Lipinski definition) is 1. The van der Waals surface area contributed by atoms with E-state index in [2.05, 4.69) is 72.0 Å². The number of amides is 1. The SMILES string of the molecule is CCC(C)C(=O)Nc1ccc2c(c1)CC(CN1CCC(n3c(C)nc4cc(C)ccc43)CC1)C2. The zero-order chi connectivity index (χ0) is 23.8. The average molecular weight is 459 g/mol. The van der Waals surface area contributed by atoms with Crippen LogP contribution in [0.2, 0.25) is 0 Å². The summed E-state index contributed by atoms with van der Waals surface area (Å²) in [6.07, 6.45) is 5.51. The predicted octanol–water partition coefficient (Wildman–Crippen LogP) is 5.69. The minimum atomic E-state index is 0.0529. The van der Waals surface area contributed by atoms with Crippen molar-refractivity contribution < 1.29 is 4.79 Å². The second-order valence-electron chi connectivity index (χ2n) is 10.6. The van der Waals surface area contributed by atoms with E-state index in [1.807, 2.05) is 6.92 Å². The summed E-state index contributed by atoms with van der Waals surface area (Å²) in [4.78, 5) is 19.8. The van der Waals surface area contributed by atoms with E-state index >= 15 is 0 Å². The van der Waals surface area contributed by atoms with Gasteiger partial charge in [0.15, 0.2) is 0 Å². The van der Waals surface area contributed by atoms with Crippen LogP contribution in [-0.4, -0.2) is 40.0 Å². The van der Waals surface area contributed by atoms with Crippen LogP contribution < -0.4 is 5.32 Å². The number of piperidine rings is 1. The number of carbonyl (C=O) groups excluding carboxylic acids is 1. The van der Waals surface area contributed by atoms with Gasteiger partial charge in [0.2, 0.25) is 5.91 Å². The van der Waals surface area contributed by atoms with Gasteiger partial charge in [0.05, 0.1) is 11.0 Å². The molecule has 2 atom stereocenters. The molecule has 3 aromatic rings. The second-order valence-corrected chi connectivity index (χ2v) is 10.6. The first-order valence-corrected chi connectivity index (χ1v) is 13.0. The van der Waals surface area contributed by atoms with Crippen molar-refractivity contribution in [1.29, 1.82) is 0 Å². The number of aryl methyl sites for hydroxylation is 2. The molecule has 180 valence electrons. The van der Waals surface area contributed by atoms with Gasteiger partial charge < -0.3 is 14.8 Å². The molecule has 1 aromatic heterocycles. The number of carbonyl (C=O) groups is 1. The minimum Gasteiger partial charge on any atom is -0.326 e. The predicted molar refractivity (Wildman–Crippen MR) is 139 cm³/mol. The van der Waals surface area contributed by atoms with Gasteiger partial charge in [-0.2, -0.15) is 0 Å². The lowest BCUT2D eigenvalue weighted by atomic mass is 10.0. The molecule has 5 rings (SSSR count). The van der Waals surface area contributed by atoms with E-state index in [-0.39, 0.29) is 11.8 Å². The smallest absolute Gasteiger partial charge is 0.227 e. The standard InChI is InChI=1S/C29H38N4O/c1-5-20(3)29(34)31-25-8-7-23-15-22(16-24(23)17-25)18-32-12-10-26(11-13-32)33-21(4)30-27-14-19(2)6-9-28(27)33/h6-9,14,17,20,22,26H,5,10-13,15-16,18H2,1-4H3,(H,31,34). The molecular weight excluding hydrogens is 420 g/mol. The van der Waals surface area contributed by atoms with E-state index in [1.54, 1.807) is 0 Å². The van der Waals surface area contributed by atoms with E-state index in [4.69, 9.17) is 4.98 Å². The summed E-state index contributed by atoms with van der Waals surface area (Å²) in [5.41, 5.74) is 7.50. The number of fused-ring (bicyclic) bond motifs is 2. The van der Waals surface area contributed by atoms with Gasteiger partial charge in [-0.1, -0.05) is 26.0 Å². The number of rotatable bonds is 6. The van der Waals surface area contributed by atoms with Crippen LogP contribution in [0.3, 0.4) is 0 Å². The molecule has 0 bridgehead atoms. The Hall–Kier alpha value is -2.66. The van der Waals surface area contributed by atoms with Crippen molar-refractivity contribution in [3.05, 3.63) is 58.9 Å². The van der Waals surface area contributed by atoms with Crippen LogP contribution in [0.1, 0.15) is 61.7 Å². The number of likely N-dealkylation sites (tertiary alicyclic amines) is 1. The maximum atomic E-state index is 12.3. The van der Waals surface area contributed by atoms with Crippen molar-refractivity contribution in [2.24, 2.45) is 11.8 Å². The molecule has 1 N–H and O–H groups in total. The average Bonchev–Trinajstić information content (AvgIpc) is 3.37. The lowest BCUT2D eigenvalue weighted by Crippen LogP contribution is -2.38. The molecule has 5 nitrogen and oxygen atoms in total. The number of benzene rings is 2. The Balaban J connectivity index is 1.17. The van der Waals surface area contributed by atoms with Gasteiger partial charge >= 0.3 is 0 Å². The summed E-state index contributed by atoms with van der Waals surface area (Å²) in [5, 5.41) is 3.10. The summed E-state index contributed by atoms with van der Waals surface area (Å²) in [7, 11) is 0. The molecule has 0 spiro atoms. The molecule has 1 fully saturated rings. The molecule has 5 heteroatoms. The van der Waals surface area contributed by atoms with Crippen LogP contribution in [0.4, 0.5) is 5.69 Å². The quantitative estimate of drug-likeness (QED) is 0.516. The number of aromatic nitrogens is 2. The van der Waals surface area contributed by atoms with E-state index in [0.29, 0.717) is 12.0 Å². The van der Waals surface area contributed by atoms with Crippen LogP contribution in [0.15, 0.2) is 36.4 Å². The normalized spacial score (nSPS) is 19.9. The second kappa shape index (κ2) is 9.53. The van der Waals surface area contributed by atoms with Crippen molar-refractivity contribution in [3.63, 3.8) is 0 Å². The highest BCUT2D eigenvalue weighted by Crippen LogP contribution is 2.33. The lowest BCUT2D eigenvalue weighted by molar-refractivity contribution is -0.119. The summed E-state index contributed by atoms with van der Waals surface area (Å²) in [6.45, 7) is 11.8. The number of nitrogens with one attached hydrogen (secondary N) is 1. The molecule has 2 aliphatic rings. The zero-order valence-corrected chi connectivity index (χ0v) is 21.1. The maximum Gasteiger partial charge on any atom is 0.227 e. The Morgan fingerprint density at radius 1 is 1.09 bits per heavy atom. The number of anilines is 1. The largest absolute Gasteiger partial charge is 0.326 e. The van der Waals surface area contributed by atoms with Gasteiger partial charge in [0, 0.05) is 37.3 Å². The van der Waals surface area contributed by atoms with Crippen LogP contribution >= 0.6 is 0 Å². The van der Waals surface area contributed by atoms with Gasteiger partial charge in [-0.25, -0.2) is 4.98 Å². The van der Waals surface area contributed by atoms with Crippen molar-refractivity contribution in [3.8, 4) is 0 Å². The van der Waals surface area contributed by atoms with Crippen LogP contribution in [0.5, 0.6) is 0 Å². The Kier molecular flexibility index (Phi) is 6.48. The van der Waals surface area contributed by atoms with Crippen molar-refractivity contribution >= 4 is 22.6 Å². The summed E-state index contributed by atoms with van der Waals surface area (Å²) < 4.78 is 2.48. The van der Waals surface area contributed by atoms with Crippen LogP contribution in [0, 0.1) is 25.7 Å². The molecular formula is C29H38N4O. The summed E-state index contributed by atoms with van der Waals surface area (Å²) in [5.74, 6) is 1.99. The van der Waals surface area contributed by atoms with E-state index in [1.165, 1.54) is 41.6 Å². The topological polar surface area (TPSA) is 50.2 Å². The molecule has 2 heterocycles. The Morgan fingerprint density at radius 2 is 1.85 bits per heavy atom. The van der Waals surface area contributed by atoms with Crippen molar-refractivity contribution in [1.82, 2.24) is 14.5 Å². The third-order valence-electron chi connectivity index (χ3n) is 8.01. The summed E-state index contributed by atoms with van der Waals surface area (Å²) >= 11 is 0. The number of nitrogens with zero attached hydrogens (tertiary/aromatic N) is 3.